The molecule has 1 aromatic carbocycles. The molecular weight excluding hydrogens is 300 g/mol. The Bertz CT molecular complexity index is 427. The molecule has 0 aliphatic carbocycles. The van der Waals surface area contributed by atoms with Crippen LogP contribution in [0.3, 0.4) is 0 Å². The zero-order chi connectivity index (χ0) is 15.1. The van der Waals surface area contributed by atoms with E-state index in [1.54, 1.807) is 0 Å². The fourth-order valence-corrected chi connectivity index (χ4v) is 2.51. The number of hydrogen-bond acceptors (Lipinski definition) is 2. The lowest BCUT2D eigenvalue weighted by molar-refractivity contribution is 0.123. The average Bonchev–Trinajstić information content (AvgIpc) is 2.38. The van der Waals surface area contributed by atoms with Crippen LogP contribution in [0.25, 0.3) is 0 Å². The van der Waals surface area contributed by atoms with Gasteiger partial charge in [-0.2, -0.15) is 0 Å². The smallest absolute Gasteiger partial charge is 0.142 e. The van der Waals surface area contributed by atoms with E-state index in [1.165, 1.54) is 12.1 Å². The van der Waals surface area contributed by atoms with E-state index in [2.05, 4.69) is 19.2 Å². The highest BCUT2D eigenvalue weighted by Gasteiger charge is 2.16. The van der Waals surface area contributed by atoms with Crippen molar-refractivity contribution in [3.05, 3.63) is 33.6 Å². The first-order chi connectivity index (χ1) is 9.43. The standard InChI is InChI=1S/C15H22Cl2FNO/c1-10(2)6-8-20-9-7-19-11(3)14-12(16)4-5-13(18)15(14)17/h4-5,10-11,19H,6-9H2,1-3H3. The van der Waals surface area contributed by atoms with E-state index >= 15 is 0 Å². The van der Waals surface area contributed by atoms with Crippen LogP contribution in [0.2, 0.25) is 10.0 Å². The summed E-state index contributed by atoms with van der Waals surface area (Å²) in [6.45, 7) is 8.27. The van der Waals surface area contributed by atoms with Gasteiger partial charge in [0.25, 0.3) is 0 Å². The van der Waals surface area contributed by atoms with E-state index in [4.69, 9.17) is 27.9 Å². The predicted molar refractivity (Wildman–Crippen MR) is 83.1 cm³/mol. The number of benzene rings is 1. The molecular formula is C15H22Cl2FNO. The maximum Gasteiger partial charge on any atom is 0.142 e. The molecule has 0 amide bonds. The molecule has 2 nitrogen and oxygen atoms in total. The summed E-state index contributed by atoms with van der Waals surface area (Å²) in [4.78, 5) is 0. The highest BCUT2D eigenvalue weighted by atomic mass is 35.5. The molecule has 0 spiro atoms. The lowest BCUT2D eigenvalue weighted by Gasteiger charge is -2.17. The van der Waals surface area contributed by atoms with Crippen LogP contribution >= 0.6 is 23.2 Å². The molecule has 0 aliphatic rings. The molecule has 1 aromatic rings. The number of rotatable bonds is 8. The lowest BCUT2D eigenvalue weighted by Crippen LogP contribution is -2.24. The second kappa shape index (κ2) is 8.83. The Hall–Kier alpha value is -0.350. The Labute approximate surface area is 130 Å². The van der Waals surface area contributed by atoms with Crippen LogP contribution in [0.1, 0.15) is 38.8 Å². The molecule has 0 radical (unpaired) electrons. The van der Waals surface area contributed by atoms with Crippen LogP contribution in [-0.4, -0.2) is 19.8 Å². The third kappa shape index (κ3) is 5.57. The number of ether oxygens (including phenoxy) is 1. The number of halogens is 3. The van der Waals surface area contributed by atoms with Crippen molar-refractivity contribution >= 4 is 23.2 Å². The maximum absolute atomic E-state index is 13.4. The summed E-state index contributed by atoms with van der Waals surface area (Å²) < 4.78 is 19.0. The largest absolute Gasteiger partial charge is 0.380 e. The Morgan fingerprint density at radius 3 is 2.55 bits per heavy atom. The summed E-state index contributed by atoms with van der Waals surface area (Å²) in [5, 5.41) is 3.79. The molecule has 0 bridgehead atoms. The first kappa shape index (κ1) is 17.7. The van der Waals surface area contributed by atoms with Crippen molar-refractivity contribution in [1.82, 2.24) is 5.32 Å². The van der Waals surface area contributed by atoms with Crippen LogP contribution in [0, 0.1) is 11.7 Å². The van der Waals surface area contributed by atoms with Crippen LogP contribution in [0.15, 0.2) is 12.1 Å². The van der Waals surface area contributed by atoms with Gasteiger partial charge in [-0.25, -0.2) is 4.39 Å². The molecule has 5 heteroatoms. The fraction of sp³-hybridized carbons (Fsp3) is 0.600. The van der Waals surface area contributed by atoms with Gasteiger partial charge in [0.1, 0.15) is 5.82 Å². The van der Waals surface area contributed by atoms with Gasteiger partial charge in [-0.05, 0) is 31.4 Å². The van der Waals surface area contributed by atoms with Gasteiger partial charge in [-0.3, -0.25) is 0 Å². The molecule has 1 rings (SSSR count). The SMILES string of the molecule is CC(C)CCOCCNC(C)c1c(Cl)ccc(F)c1Cl. The minimum absolute atomic E-state index is 0.0817. The second-order valence-electron chi connectivity index (χ2n) is 5.23. The zero-order valence-corrected chi connectivity index (χ0v) is 13.7. The molecule has 0 aliphatic heterocycles. The molecule has 0 aromatic heterocycles. The van der Waals surface area contributed by atoms with Gasteiger partial charge in [0.05, 0.1) is 11.6 Å². The van der Waals surface area contributed by atoms with Crippen LogP contribution in [0.5, 0.6) is 0 Å². The van der Waals surface area contributed by atoms with Crippen LogP contribution in [0.4, 0.5) is 4.39 Å². The summed E-state index contributed by atoms with van der Waals surface area (Å²) in [6.07, 6.45) is 1.05. The third-order valence-electron chi connectivity index (χ3n) is 3.05. The van der Waals surface area contributed by atoms with Gasteiger partial charge in [-0.1, -0.05) is 37.0 Å². The van der Waals surface area contributed by atoms with E-state index in [0.717, 1.165) is 13.0 Å². The van der Waals surface area contributed by atoms with Gasteiger partial charge < -0.3 is 10.1 Å². The van der Waals surface area contributed by atoms with Gasteiger partial charge in [0.2, 0.25) is 0 Å². The normalized spacial score (nSPS) is 12.9. The Morgan fingerprint density at radius 1 is 1.20 bits per heavy atom. The molecule has 0 saturated carbocycles. The van der Waals surface area contributed by atoms with E-state index in [-0.39, 0.29) is 11.1 Å². The number of nitrogens with one attached hydrogen (secondary N) is 1. The molecule has 1 atom stereocenters. The van der Waals surface area contributed by atoms with E-state index in [1.807, 2.05) is 6.92 Å². The first-order valence-electron chi connectivity index (χ1n) is 6.88. The molecule has 20 heavy (non-hydrogen) atoms. The van der Waals surface area contributed by atoms with Crippen molar-refractivity contribution in [3.63, 3.8) is 0 Å². The van der Waals surface area contributed by atoms with Gasteiger partial charge >= 0.3 is 0 Å². The van der Waals surface area contributed by atoms with Crippen LogP contribution < -0.4 is 5.32 Å². The van der Waals surface area contributed by atoms with Crippen molar-refractivity contribution in [2.45, 2.75) is 33.2 Å². The van der Waals surface area contributed by atoms with Crippen molar-refractivity contribution in [2.24, 2.45) is 5.92 Å². The molecule has 0 fully saturated rings. The Morgan fingerprint density at radius 2 is 1.90 bits per heavy atom. The third-order valence-corrected chi connectivity index (χ3v) is 3.76. The van der Waals surface area contributed by atoms with E-state index in [0.29, 0.717) is 29.7 Å². The van der Waals surface area contributed by atoms with Gasteiger partial charge in [0.15, 0.2) is 0 Å². The highest BCUT2D eigenvalue weighted by Crippen LogP contribution is 2.32. The summed E-state index contributed by atoms with van der Waals surface area (Å²) in [6, 6.07) is 2.67. The van der Waals surface area contributed by atoms with Crippen molar-refractivity contribution < 1.29 is 9.13 Å². The first-order valence-corrected chi connectivity index (χ1v) is 7.63. The fourth-order valence-electron chi connectivity index (χ4n) is 1.81. The second-order valence-corrected chi connectivity index (χ2v) is 6.01. The zero-order valence-electron chi connectivity index (χ0n) is 12.2. The van der Waals surface area contributed by atoms with Gasteiger partial charge in [0, 0.05) is 29.8 Å². The number of hydrogen-bond donors (Lipinski definition) is 1. The minimum Gasteiger partial charge on any atom is -0.380 e. The minimum atomic E-state index is -0.451. The van der Waals surface area contributed by atoms with Crippen molar-refractivity contribution in [3.8, 4) is 0 Å². The summed E-state index contributed by atoms with van der Waals surface area (Å²) >= 11 is 12.0. The maximum atomic E-state index is 13.4. The topological polar surface area (TPSA) is 21.3 Å². The van der Waals surface area contributed by atoms with Gasteiger partial charge in [-0.15, -0.1) is 0 Å². The summed E-state index contributed by atoms with van der Waals surface area (Å²) in [7, 11) is 0. The molecule has 1 unspecified atom stereocenters. The molecule has 0 saturated heterocycles. The lowest BCUT2D eigenvalue weighted by atomic mass is 10.1. The molecule has 0 heterocycles. The summed E-state index contributed by atoms with van der Waals surface area (Å²) in [5.74, 6) is 0.194. The quantitative estimate of drug-likeness (QED) is 0.546. The van der Waals surface area contributed by atoms with Crippen LogP contribution in [-0.2, 0) is 4.74 Å². The van der Waals surface area contributed by atoms with E-state index < -0.39 is 5.82 Å². The summed E-state index contributed by atoms with van der Waals surface area (Å²) in [5.41, 5.74) is 0.593. The highest BCUT2D eigenvalue weighted by molar-refractivity contribution is 6.36. The average molecular weight is 322 g/mol. The monoisotopic (exact) mass is 321 g/mol. The Kier molecular flexibility index (Phi) is 7.82. The van der Waals surface area contributed by atoms with Crippen molar-refractivity contribution in [1.29, 1.82) is 0 Å². The van der Waals surface area contributed by atoms with Crippen molar-refractivity contribution in [2.75, 3.05) is 19.8 Å². The molecule has 114 valence electrons. The predicted octanol–water partition coefficient (Wildman–Crippen LogP) is 4.85. The Balaban J connectivity index is 2.40. The van der Waals surface area contributed by atoms with E-state index in [9.17, 15) is 4.39 Å². The molecule has 1 N–H and O–H groups in total.